The van der Waals surface area contributed by atoms with E-state index in [2.05, 4.69) is 38.6 Å². The maximum absolute atomic E-state index is 13.4. The van der Waals surface area contributed by atoms with Crippen LogP contribution in [0.2, 0.25) is 0 Å². The first-order valence-corrected chi connectivity index (χ1v) is 15.3. The summed E-state index contributed by atoms with van der Waals surface area (Å²) < 4.78 is 0. The predicted octanol–water partition coefficient (Wildman–Crippen LogP) is 1.61. The number of carbonyl (C=O) groups is 4. The van der Waals surface area contributed by atoms with Crippen LogP contribution < -0.4 is 15.5 Å². The monoisotopic (exact) mass is 570 g/mol. The molecule has 0 spiro atoms. The number of rotatable bonds is 5. The van der Waals surface area contributed by atoms with Gasteiger partial charge in [-0.2, -0.15) is 0 Å². The van der Waals surface area contributed by atoms with Crippen LogP contribution in [0, 0.1) is 5.92 Å². The number of amides is 4. The van der Waals surface area contributed by atoms with Crippen molar-refractivity contribution < 1.29 is 19.2 Å². The summed E-state index contributed by atoms with van der Waals surface area (Å²) in [5.41, 5.74) is 6.75. The number of hydrogen-bond donors (Lipinski definition) is 2. The van der Waals surface area contributed by atoms with E-state index in [1.165, 1.54) is 16.7 Å². The third kappa shape index (κ3) is 5.18. The highest BCUT2D eigenvalue weighted by molar-refractivity contribution is 6.05. The minimum Gasteiger partial charge on any atom is -0.368 e. The van der Waals surface area contributed by atoms with E-state index in [4.69, 9.17) is 0 Å². The highest BCUT2D eigenvalue weighted by atomic mass is 16.2. The number of nitrogens with zero attached hydrogens (tertiary/aromatic N) is 4. The number of piperidine rings is 2. The van der Waals surface area contributed by atoms with Crippen LogP contribution >= 0.6 is 0 Å². The Morgan fingerprint density at radius 1 is 0.833 bits per heavy atom. The minimum atomic E-state index is -0.607. The summed E-state index contributed by atoms with van der Waals surface area (Å²) in [6.07, 6.45) is 2.43. The van der Waals surface area contributed by atoms with Gasteiger partial charge < -0.3 is 20.0 Å². The van der Waals surface area contributed by atoms with Crippen LogP contribution in [0.15, 0.2) is 36.4 Å². The molecule has 0 saturated carbocycles. The first kappa shape index (κ1) is 27.1. The molecular weight excluding hydrogens is 532 g/mol. The van der Waals surface area contributed by atoms with Crippen LogP contribution in [0.1, 0.15) is 58.3 Å². The highest BCUT2D eigenvalue weighted by Gasteiger charge is 2.39. The van der Waals surface area contributed by atoms with Crippen molar-refractivity contribution >= 4 is 29.3 Å². The normalized spacial score (nSPS) is 23.3. The maximum Gasteiger partial charge on any atom is 0.255 e. The van der Waals surface area contributed by atoms with Gasteiger partial charge in [-0.3, -0.25) is 29.4 Å². The molecule has 5 aliphatic rings. The van der Waals surface area contributed by atoms with Crippen molar-refractivity contribution in [2.75, 3.05) is 44.2 Å². The zero-order valence-corrected chi connectivity index (χ0v) is 23.9. The number of fused-ring (bicyclic) bond motifs is 2. The third-order valence-electron chi connectivity index (χ3n) is 9.71. The van der Waals surface area contributed by atoms with Gasteiger partial charge in [0.05, 0.1) is 0 Å². The average molecular weight is 571 g/mol. The van der Waals surface area contributed by atoms with Crippen molar-refractivity contribution in [1.82, 2.24) is 25.3 Å². The molecule has 5 heterocycles. The van der Waals surface area contributed by atoms with Gasteiger partial charge >= 0.3 is 0 Å². The lowest BCUT2D eigenvalue weighted by Crippen LogP contribution is -2.52. The molecule has 3 fully saturated rings. The van der Waals surface area contributed by atoms with Gasteiger partial charge in [0.25, 0.3) is 5.91 Å². The Morgan fingerprint density at radius 3 is 2.40 bits per heavy atom. The fraction of sp³-hybridized carbons (Fsp3) is 0.500. The number of hydrogen-bond acceptors (Lipinski definition) is 7. The fourth-order valence-electron chi connectivity index (χ4n) is 7.24. The molecule has 42 heavy (non-hydrogen) atoms. The van der Waals surface area contributed by atoms with E-state index in [1.54, 1.807) is 4.90 Å². The summed E-state index contributed by atoms with van der Waals surface area (Å²) >= 11 is 0. The second kappa shape index (κ2) is 11.1. The summed E-state index contributed by atoms with van der Waals surface area (Å²) in [7, 11) is 0. The zero-order valence-electron chi connectivity index (χ0n) is 23.9. The van der Waals surface area contributed by atoms with Crippen molar-refractivity contribution in [3.63, 3.8) is 0 Å². The van der Waals surface area contributed by atoms with Gasteiger partial charge in [-0.15, -0.1) is 0 Å². The molecule has 10 nitrogen and oxygen atoms in total. The minimum absolute atomic E-state index is 0.0984. The molecule has 7 rings (SSSR count). The Morgan fingerprint density at radius 2 is 1.62 bits per heavy atom. The standard InChI is InChI=1S/C32H38N6O4/c39-29-6-5-28(30(40)34-29)38-20-25-16-26(3-4-27(25)32(38)42)36-11-13-37(14-12-36)31(41)22-7-9-35(10-8-22)19-21-1-2-23-17-33-18-24(23)15-21/h1-4,15-16,22,28,33H,5-14,17-20H2,(H,34,39,40). The molecule has 220 valence electrons. The smallest absolute Gasteiger partial charge is 0.255 e. The molecule has 0 aliphatic carbocycles. The topological polar surface area (TPSA) is 105 Å². The van der Waals surface area contributed by atoms with E-state index in [0.29, 0.717) is 31.6 Å². The third-order valence-corrected chi connectivity index (χ3v) is 9.71. The Labute approximate surface area is 246 Å². The summed E-state index contributed by atoms with van der Waals surface area (Å²) in [5.74, 6) is -0.444. The van der Waals surface area contributed by atoms with E-state index in [1.807, 2.05) is 23.1 Å². The molecular formula is C32H38N6O4. The summed E-state index contributed by atoms with van der Waals surface area (Å²) in [6.45, 7) is 8.05. The van der Waals surface area contributed by atoms with E-state index in [0.717, 1.165) is 69.9 Å². The predicted molar refractivity (Wildman–Crippen MR) is 156 cm³/mol. The maximum atomic E-state index is 13.4. The van der Waals surface area contributed by atoms with E-state index in [-0.39, 0.29) is 30.1 Å². The zero-order chi connectivity index (χ0) is 28.8. The Bertz CT molecular complexity index is 1430. The Balaban J connectivity index is 0.903. The van der Waals surface area contributed by atoms with Crippen molar-refractivity contribution in [3.8, 4) is 0 Å². The molecule has 1 unspecified atom stereocenters. The molecule has 1 atom stereocenters. The van der Waals surface area contributed by atoms with Crippen LogP contribution in [0.3, 0.4) is 0 Å². The molecule has 4 amide bonds. The van der Waals surface area contributed by atoms with Gasteiger partial charge in [-0.05, 0) is 72.8 Å². The number of imide groups is 1. The molecule has 10 heteroatoms. The van der Waals surface area contributed by atoms with Gasteiger partial charge in [-0.1, -0.05) is 18.2 Å². The first-order valence-electron chi connectivity index (χ1n) is 15.3. The number of benzene rings is 2. The van der Waals surface area contributed by atoms with E-state index >= 15 is 0 Å². The van der Waals surface area contributed by atoms with Crippen LogP contribution in [-0.2, 0) is 40.6 Å². The molecule has 0 aromatic heterocycles. The van der Waals surface area contributed by atoms with Gasteiger partial charge in [0.2, 0.25) is 17.7 Å². The summed E-state index contributed by atoms with van der Waals surface area (Å²) in [6, 6.07) is 12.1. The van der Waals surface area contributed by atoms with Crippen LogP contribution in [0.5, 0.6) is 0 Å². The van der Waals surface area contributed by atoms with Crippen LogP contribution in [0.4, 0.5) is 5.69 Å². The molecule has 2 aromatic carbocycles. The molecule has 0 bridgehead atoms. The molecule has 0 radical (unpaired) electrons. The van der Waals surface area contributed by atoms with Crippen LogP contribution in [-0.4, -0.2) is 83.6 Å². The van der Waals surface area contributed by atoms with Crippen molar-refractivity contribution in [1.29, 1.82) is 0 Å². The lowest BCUT2D eigenvalue weighted by Gasteiger charge is -2.39. The average Bonchev–Trinajstić information content (AvgIpc) is 3.61. The Kier molecular flexibility index (Phi) is 7.19. The largest absolute Gasteiger partial charge is 0.368 e. The van der Waals surface area contributed by atoms with Gasteiger partial charge in [-0.25, -0.2) is 0 Å². The first-order chi connectivity index (χ1) is 20.4. The molecule has 3 saturated heterocycles. The van der Waals surface area contributed by atoms with Gasteiger partial charge in [0.15, 0.2) is 0 Å². The SMILES string of the molecule is O=C1CCC(N2Cc3cc(N4CCN(C(=O)C5CCN(Cc6ccc7c(c6)CNC7)CC5)CC4)ccc3C2=O)C(=O)N1. The number of likely N-dealkylation sites (tertiary alicyclic amines) is 1. The second-order valence-electron chi connectivity index (χ2n) is 12.3. The lowest BCUT2D eigenvalue weighted by atomic mass is 9.94. The fourth-order valence-corrected chi connectivity index (χ4v) is 7.24. The number of anilines is 1. The van der Waals surface area contributed by atoms with Crippen molar-refractivity contribution in [2.45, 2.75) is 57.9 Å². The van der Waals surface area contributed by atoms with E-state index in [9.17, 15) is 19.2 Å². The van der Waals surface area contributed by atoms with E-state index < -0.39 is 11.9 Å². The summed E-state index contributed by atoms with van der Waals surface area (Å²) in [4.78, 5) is 58.7. The summed E-state index contributed by atoms with van der Waals surface area (Å²) in [5, 5.41) is 5.77. The second-order valence-corrected chi connectivity index (χ2v) is 12.3. The van der Waals surface area contributed by atoms with Crippen molar-refractivity contribution in [2.24, 2.45) is 5.92 Å². The molecule has 2 N–H and O–H groups in total. The quantitative estimate of drug-likeness (QED) is 0.527. The Hall–Kier alpha value is -3.76. The number of carbonyl (C=O) groups excluding carboxylic acids is 4. The van der Waals surface area contributed by atoms with Crippen LogP contribution in [0.25, 0.3) is 0 Å². The number of nitrogens with one attached hydrogen (secondary N) is 2. The molecule has 2 aromatic rings. The number of piperazine rings is 1. The highest BCUT2D eigenvalue weighted by Crippen LogP contribution is 2.31. The molecule has 5 aliphatic heterocycles. The van der Waals surface area contributed by atoms with Gasteiger partial charge in [0, 0.05) is 75.9 Å². The van der Waals surface area contributed by atoms with Gasteiger partial charge in [0.1, 0.15) is 6.04 Å². The lowest BCUT2D eigenvalue weighted by molar-refractivity contribution is -0.138. The van der Waals surface area contributed by atoms with Crippen molar-refractivity contribution in [3.05, 3.63) is 64.2 Å².